The van der Waals surface area contributed by atoms with Crippen molar-refractivity contribution in [2.24, 2.45) is 0 Å². The molecule has 0 atom stereocenters. The lowest BCUT2D eigenvalue weighted by molar-refractivity contribution is 0.415. The Hall–Kier alpha value is -1.55. The van der Waals surface area contributed by atoms with Crippen molar-refractivity contribution >= 4 is 27.4 Å². The zero-order valence-electron chi connectivity index (χ0n) is 10.6. The van der Waals surface area contributed by atoms with Gasteiger partial charge in [-0.1, -0.05) is 0 Å². The summed E-state index contributed by atoms with van der Waals surface area (Å²) in [6.45, 7) is 2.05. The van der Waals surface area contributed by atoms with Crippen LogP contribution in [0.3, 0.4) is 0 Å². The molecule has 1 heterocycles. The summed E-state index contributed by atoms with van der Waals surface area (Å²) >= 11 is 3.42. The number of halogens is 1. The number of rotatable bonds is 3. The van der Waals surface area contributed by atoms with Crippen molar-refractivity contribution in [3.63, 3.8) is 0 Å². The van der Waals surface area contributed by atoms with Gasteiger partial charge in [-0.25, -0.2) is 4.98 Å². The van der Waals surface area contributed by atoms with Crippen molar-refractivity contribution in [3.05, 3.63) is 46.6 Å². The summed E-state index contributed by atoms with van der Waals surface area (Å²) in [7, 11) is 3.67. The smallest absolute Gasteiger partial charge is 0.135 e. The SMILES string of the molecule is COc1ccc(N(C)c2ncc(Br)cc2C)cc1. The number of ether oxygens (including phenoxy) is 1. The summed E-state index contributed by atoms with van der Waals surface area (Å²) in [4.78, 5) is 6.50. The normalized spacial score (nSPS) is 10.2. The summed E-state index contributed by atoms with van der Waals surface area (Å²) in [6, 6.07) is 9.98. The highest BCUT2D eigenvalue weighted by molar-refractivity contribution is 9.10. The average molecular weight is 307 g/mol. The third kappa shape index (κ3) is 2.64. The monoisotopic (exact) mass is 306 g/mol. The molecule has 3 nitrogen and oxygen atoms in total. The van der Waals surface area contributed by atoms with E-state index in [1.807, 2.05) is 44.4 Å². The van der Waals surface area contributed by atoms with Gasteiger partial charge in [0.05, 0.1) is 7.11 Å². The topological polar surface area (TPSA) is 25.4 Å². The Morgan fingerprint density at radius 2 is 1.89 bits per heavy atom. The molecule has 18 heavy (non-hydrogen) atoms. The van der Waals surface area contributed by atoms with Crippen molar-refractivity contribution in [1.82, 2.24) is 4.98 Å². The van der Waals surface area contributed by atoms with E-state index >= 15 is 0 Å². The predicted octanol–water partition coefficient (Wildman–Crippen LogP) is 3.93. The Kier molecular flexibility index (Phi) is 3.87. The summed E-state index contributed by atoms with van der Waals surface area (Å²) in [5.41, 5.74) is 2.21. The van der Waals surface area contributed by atoms with Gasteiger partial charge < -0.3 is 9.64 Å². The maximum absolute atomic E-state index is 5.15. The molecule has 0 saturated heterocycles. The van der Waals surface area contributed by atoms with E-state index in [1.165, 1.54) is 0 Å². The molecule has 0 spiro atoms. The van der Waals surface area contributed by atoms with Crippen molar-refractivity contribution in [1.29, 1.82) is 0 Å². The number of benzene rings is 1. The van der Waals surface area contributed by atoms with Crippen LogP contribution in [-0.4, -0.2) is 19.1 Å². The molecule has 0 aliphatic carbocycles. The lowest BCUT2D eigenvalue weighted by Gasteiger charge is -2.20. The highest BCUT2D eigenvalue weighted by Crippen LogP contribution is 2.27. The van der Waals surface area contributed by atoms with Gasteiger partial charge in [0.25, 0.3) is 0 Å². The third-order valence-electron chi connectivity index (χ3n) is 2.79. The summed E-state index contributed by atoms with van der Waals surface area (Å²) in [6.07, 6.45) is 1.81. The first-order valence-corrected chi connectivity index (χ1v) is 6.41. The summed E-state index contributed by atoms with van der Waals surface area (Å²) < 4.78 is 6.15. The molecule has 0 bridgehead atoms. The molecule has 0 N–H and O–H groups in total. The molecule has 0 aliphatic heterocycles. The van der Waals surface area contributed by atoms with E-state index in [-0.39, 0.29) is 0 Å². The molecule has 94 valence electrons. The van der Waals surface area contributed by atoms with E-state index in [0.717, 1.165) is 27.3 Å². The van der Waals surface area contributed by atoms with Crippen LogP contribution < -0.4 is 9.64 Å². The highest BCUT2D eigenvalue weighted by atomic mass is 79.9. The number of aromatic nitrogens is 1. The minimum Gasteiger partial charge on any atom is -0.497 e. The van der Waals surface area contributed by atoms with Gasteiger partial charge >= 0.3 is 0 Å². The lowest BCUT2D eigenvalue weighted by Crippen LogP contribution is -2.12. The molecule has 2 rings (SSSR count). The number of anilines is 2. The van der Waals surface area contributed by atoms with Gasteiger partial charge in [-0.3, -0.25) is 0 Å². The fourth-order valence-corrected chi connectivity index (χ4v) is 2.26. The van der Waals surface area contributed by atoms with E-state index in [2.05, 4.69) is 31.9 Å². The first-order valence-electron chi connectivity index (χ1n) is 5.61. The summed E-state index contributed by atoms with van der Waals surface area (Å²) in [5.74, 6) is 1.80. The third-order valence-corrected chi connectivity index (χ3v) is 3.23. The van der Waals surface area contributed by atoms with Crippen molar-refractivity contribution in [2.45, 2.75) is 6.92 Å². The largest absolute Gasteiger partial charge is 0.497 e. The number of methoxy groups -OCH3 is 1. The zero-order chi connectivity index (χ0) is 13.1. The zero-order valence-corrected chi connectivity index (χ0v) is 12.2. The van der Waals surface area contributed by atoms with E-state index in [4.69, 9.17) is 4.74 Å². The number of nitrogens with zero attached hydrogens (tertiary/aromatic N) is 2. The van der Waals surface area contributed by atoms with Crippen LogP contribution in [0.4, 0.5) is 11.5 Å². The van der Waals surface area contributed by atoms with Crippen molar-refractivity contribution in [2.75, 3.05) is 19.1 Å². The van der Waals surface area contributed by atoms with E-state index in [0.29, 0.717) is 0 Å². The minimum atomic E-state index is 0.854. The van der Waals surface area contributed by atoms with Gasteiger partial charge in [-0.2, -0.15) is 0 Å². The van der Waals surface area contributed by atoms with Gasteiger partial charge in [0.1, 0.15) is 11.6 Å². The number of aryl methyl sites for hydroxylation is 1. The van der Waals surface area contributed by atoms with Crippen LogP contribution in [-0.2, 0) is 0 Å². The summed E-state index contributed by atoms with van der Waals surface area (Å²) in [5, 5.41) is 0. The van der Waals surface area contributed by atoms with Gasteiger partial charge in [0.2, 0.25) is 0 Å². The molecule has 1 aromatic heterocycles. The van der Waals surface area contributed by atoms with Crippen LogP contribution in [0, 0.1) is 6.92 Å². The van der Waals surface area contributed by atoms with Crippen molar-refractivity contribution < 1.29 is 4.74 Å². The first kappa shape index (κ1) is 12.9. The maximum Gasteiger partial charge on any atom is 0.135 e. The van der Waals surface area contributed by atoms with Gasteiger partial charge in [0, 0.05) is 23.4 Å². The molecule has 0 fully saturated rings. The highest BCUT2D eigenvalue weighted by Gasteiger charge is 2.08. The van der Waals surface area contributed by atoms with E-state index in [9.17, 15) is 0 Å². The Labute approximate surface area is 116 Å². The number of hydrogen-bond donors (Lipinski definition) is 0. The Morgan fingerprint density at radius 1 is 1.22 bits per heavy atom. The molecule has 0 unspecified atom stereocenters. The molecule has 2 aromatic rings. The predicted molar refractivity (Wildman–Crippen MR) is 77.7 cm³/mol. The van der Waals surface area contributed by atoms with E-state index in [1.54, 1.807) is 7.11 Å². The van der Waals surface area contributed by atoms with Gasteiger partial charge in [0.15, 0.2) is 0 Å². The first-order chi connectivity index (χ1) is 8.61. The fraction of sp³-hybridized carbons (Fsp3) is 0.214. The van der Waals surface area contributed by atoms with Crippen LogP contribution in [0.1, 0.15) is 5.56 Å². The fourth-order valence-electron chi connectivity index (χ4n) is 1.81. The molecule has 0 amide bonds. The minimum absolute atomic E-state index is 0.854. The number of hydrogen-bond acceptors (Lipinski definition) is 3. The van der Waals surface area contributed by atoms with Crippen molar-refractivity contribution in [3.8, 4) is 5.75 Å². The standard InChI is InChI=1S/C14H15BrN2O/c1-10-8-11(15)9-16-14(10)17(2)12-4-6-13(18-3)7-5-12/h4-9H,1-3H3. The molecule has 0 saturated carbocycles. The second kappa shape index (κ2) is 5.40. The molecular formula is C14H15BrN2O. The average Bonchev–Trinajstić information content (AvgIpc) is 2.38. The Balaban J connectivity index is 2.31. The quantitative estimate of drug-likeness (QED) is 0.859. The lowest BCUT2D eigenvalue weighted by atomic mass is 10.2. The van der Waals surface area contributed by atoms with Crippen LogP contribution in [0.25, 0.3) is 0 Å². The van der Waals surface area contributed by atoms with Crippen LogP contribution >= 0.6 is 15.9 Å². The van der Waals surface area contributed by atoms with Gasteiger partial charge in [-0.05, 0) is 58.7 Å². The molecular weight excluding hydrogens is 292 g/mol. The molecule has 1 aromatic carbocycles. The van der Waals surface area contributed by atoms with E-state index < -0.39 is 0 Å². The molecule has 0 aliphatic rings. The Bertz CT molecular complexity index is 540. The Morgan fingerprint density at radius 3 is 2.44 bits per heavy atom. The van der Waals surface area contributed by atoms with Crippen LogP contribution in [0.5, 0.6) is 5.75 Å². The second-order valence-electron chi connectivity index (χ2n) is 4.05. The van der Waals surface area contributed by atoms with Crippen LogP contribution in [0.15, 0.2) is 41.0 Å². The molecule has 0 radical (unpaired) electrons. The maximum atomic E-state index is 5.15. The molecule has 4 heteroatoms. The second-order valence-corrected chi connectivity index (χ2v) is 4.97. The number of pyridine rings is 1. The van der Waals surface area contributed by atoms with Gasteiger partial charge in [-0.15, -0.1) is 0 Å². The van der Waals surface area contributed by atoms with Crippen LogP contribution in [0.2, 0.25) is 0 Å².